The molecule has 1 aromatic heterocycles. The number of aromatic nitrogens is 2. The number of hydrogen-bond acceptors (Lipinski definition) is 2. The first kappa shape index (κ1) is 10.5. The second-order valence-corrected chi connectivity index (χ2v) is 8.63. The van der Waals surface area contributed by atoms with Gasteiger partial charge in [0, 0.05) is 25.5 Å². The van der Waals surface area contributed by atoms with Crippen molar-refractivity contribution in [3.8, 4) is 0 Å². The van der Waals surface area contributed by atoms with Gasteiger partial charge in [0.25, 0.3) is 0 Å². The highest BCUT2D eigenvalue weighted by molar-refractivity contribution is 6.69. The smallest absolute Gasteiger partial charge is 0.183 e. The molecule has 0 aliphatic carbocycles. The maximum absolute atomic E-state index is 5.73. The third-order valence-corrected chi connectivity index (χ3v) is 2.73. The quantitative estimate of drug-likeness (QED) is 0.535. The minimum Gasteiger partial charge on any atom is -0.418 e. The number of rotatable bonds is 5. The highest BCUT2D eigenvalue weighted by Gasteiger charge is 2.12. The third kappa shape index (κ3) is 4.85. The first-order valence-electron chi connectivity index (χ1n) is 4.68. The van der Waals surface area contributed by atoms with Gasteiger partial charge in [0.15, 0.2) is 8.32 Å². The van der Waals surface area contributed by atoms with Crippen molar-refractivity contribution in [2.75, 3.05) is 6.61 Å². The van der Waals surface area contributed by atoms with E-state index in [-0.39, 0.29) is 0 Å². The summed E-state index contributed by atoms with van der Waals surface area (Å²) in [6.45, 7) is 8.51. The summed E-state index contributed by atoms with van der Waals surface area (Å²) >= 11 is 0. The molecule has 0 aromatic carbocycles. The van der Waals surface area contributed by atoms with Crippen molar-refractivity contribution < 1.29 is 4.43 Å². The standard InChI is InChI=1S/C9H18N2OSi/c1-13(2,3)12-8-4-6-11-7-5-10-9-11/h5,7,9H,4,6,8H2,1-3H3. The van der Waals surface area contributed by atoms with Gasteiger partial charge in [-0.25, -0.2) is 4.98 Å². The van der Waals surface area contributed by atoms with Gasteiger partial charge < -0.3 is 8.99 Å². The molecule has 0 bridgehead atoms. The van der Waals surface area contributed by atoms with Crippen molar-refractivity contribution in [3.05, 3.63) is 18.7 Å². The fraction of sp³-hybridized carbons (Fsp3) is 0.667. The Morgan fingerprint density at radius 1 is 1.38 bits per heavy atom. The van der Waals surface area contributed by atoms with Crippen molar-refractivity contribution >= 4 is 8.32 Å². The number of hydrogen-bond donors (Lipinski definition) is 0. The highest BCUT2D eigenvalue weighted by Crippen LogP contribution is 2.03. The lowest BCUT2D eigenvalue weighted by molar-refractivity contribution is 0.295. The average Bonchev–Trinajstić information content (AvgIpc) is 2.48. The van der Waals surface area contributed by atoms with Crippen LogP contribution in [0.5, 0.6) is 0 Å². The Bertz CT molecular complexity index is 228. The zero-order chi connectivity index (χ0) is 9.73. The van der Waals surface area contributed by atoms with E-state index in [9.17, 15) is 0 Å². The van der Waals surface area contributed by atoms with Crippen LogP contribution in [0.15, 0.2) is 18.7 Å². The zero-order valence-electron chi connectivity index (χ0n) is 8.66. The molecule has 0 amide bonds. The van der Waals surface area contributed by atoms with E-state index in [1.54, 1.807) is 6.20 Å². The molecule has 0 unspecified atom stereocenters. The van der Waals surface area contributed by atoms with Gasteiger partial charge in [-0.1, -0.05) is 0 Å². The Balaban J connectivity index is 2.09. The monoisotopic (exact) mass is 198 g/mol. The van der Waals surface area contributed by atoms with Gasteiger partial charge in [-0.2, -0.15) is 0 Å². The Morgan fingerprint density at radius 3 is 2.69 bits per heavy atom. The molecule has 4 heteroatoms. The summed E-state index contributed by atoms with van der Waals surface area (Å²) in [6.07, 6.45) is 6.70. The van der Waals surface area contributed by atoms with Crippen LogP contribution in [0.3, 0.4) is 0 Å². The Kier molecular flexibility index (Phi) is 3.68. The van der Waals surface area contributed by atoms with E-state index in [4.69, 9.17) is 4.43 Å². The normalized spacial score (nSPS) is 11.9. The summed E-state index contributed by atoms with van der Waals surface area (Å²) in [5.41, 5.74) is 0. The van der Waals surface area contributed by atoms with Gasteiger partial charge >= 0.3 is 0 Å². The zero-order valence-corrected chi connectivity index (χ0v) is 9.66. The molecule has 0 saturated carbocycles. The van der Waals surface area contributed by atoms with Crippen molar-refractivity contribution in [3.63, 3.8) is 0 Å². The molecule has 3 nitrogen and oxygen atoms in total. The molecule has 0 aliphatic rings. The van der Waals surface area contributed by atoms with Gasteiger partial charge in [-0.3, -0.25) is 0 Å². The third-order valence-electron chi connectivity index (χ3n) is 1.65. The summed E-state index contributed by atoms with van der Waals surface area (Å²) in [6, 6.07) is 0. The lowest BCUT2D eigenvalue weighted by Crippen LogP contribution is -2.26. The lowest BCUT2D eigenvalue weighted by atomic mass is 10.4. The number of imidazole rings is 1. The molecule has 1 aromatic rings. The molecule has 0 spiro atoms. The minimum atomic E-state index is -1.30. The molecule has 0 atom stereocenters. The molecular weight excluding hydrogens is 180 g/mol. The second kappa shape index (κ2) is 4.57. The molecule has 74 valence electrons. The van der Waals surface area contributed by atoms with Gasteiger partial charge in [0.1, 0.15) is 0 Å². The molecule has 13 heavy (non-hydrogen) atoms. The van der Waals surface area contributed by atoms with Gasteiger partial charge in [-0.05, 0) is 26.1 Å². The van der Waals surface area contributed by atoms with E-state index in [2.05, 4.69) is 29.2 Å². The van der Waals surface area contributed by atoms with Crippen molar-refractivity contribution in [2.24, 2.45) is 0 Å². The van der Waals surface area contributed by atoms with Crippen LogP contribution in [0.1, 0.15) is 6.42 Å². The molecule has 1 heterocycles. The molecule has 0 aliphatic heterocycles. The SMILES string of the molecule is C[Si](C)(C)OCCCn1ccnc1. The lowest BCUT2D eigenvalue weighted by Gasteiger charge is -2.16. The fourth-order valence-electron chi connectivity index (χ4n) is 1.04. The van der Waals surface area contributed by atoms with Crippen molar-refractivity contribution in [1.82, 2.24) is 9.55 Å². The molecule has 0 saturated heterocycles. The van der Waals surface area contributed by atoms with Crippen molar-refractivity contribution in [1.29, 1.82) is 0 Å². The summed E-state index contributed by atoms with van der Waals surface area (Å²) < 4.78 is 7.81. The molecule has 0 radical (unpaired) electrons. The summed E-state index contributed by atoms with van der Waals surface area (Å²) in [5.74, 6) is 0. The van der Waals surface area contributed by atoms with Crippen LogP contribution in [0.25, 0.3) is 0 Å². The second-order valence-electron chi connectivity index (χ2n) is 4.11. The maximum atomic E-state index is 5.73. The highest BCUT2D eigenvalue weighted by atomic mass is 28.4. The summed E-state index contributed by atoms with van der Waals surface area (Å²) in [5, 5.41) is 0. The van der Waals surface area contributed by atoms with E-state index in [1.807, 2.05) is 12.5 Å². The molecule has 0 fully saturated rings. The largest absolute Gasteiger partial charge is 0.418 e. The van der Waals surface area contributed by atoms with Gasteiger partial charge in [0.05, 0.1) is 6.33 Å². The Hall–Kier alpha value is -0.613. The minimum absolute atomic E-state index is 0.869. The first-order chi connectivity index (χ1) is 6.08. The van der Waals surface area contributed by atoms with Gasteiger partial charge in [0.2, 0.25) is 0 Å². The van der Waals surface area contributed by atoms with Crippen LogP contribution in [0.2, 0.25) is 19.6 Å². The van der Waals surface area contributed by atoms with Crippen LogP contribution in [0.4, 0.5) is 0 Å². The number of aryl methyl sites for hydroxylation is 1. The van der Waals surface area contributed by atoms with Crippen LogP contribution < -0.4 is 0 Å². The van der Waals surface area contributed by atoms with E-state index < -0.39 is 8.32 Å². The topological polar surface area (TPSA) is 27.1 Å². The first-order valence-corrected chi connectivity index (χ1v) is 8.08. The predicted molar refractivity (Wildman–Crippen MR) is 56.1 cm³/mol. The molecule has 0 N–H and O–H groups in total. The summed E-state index contributed by atoms with van der Waals surface area (Å²) in [4.78, 5) is 3.98. The molecule has 1 rings (SSSR count). The maximum Gasteiger partial charge on any atom is 0.183 e. The van der Waals surface area contributed by atoms with Crippen LogP contribution in [-0.4, -0.2) is 24.5 Å². The van der Waals surface area contributed by atoms with Crippen LogP contribution in [-0.2, 0) is 11.0 Å². The van der Waals surface area contributed by atoms with Crippen LogP contribution >= 0.6 is 0 Å². The Labute approximate surface area is 80.9 Å². The average molecular weight is 198 g/mol. The van der Waals surface area contributed by atoms with E-state index in [0.29, 0.717) is 0 Å². The van der Waals surface area contributed by atoms with E-state index in [1.165, 1.54) is 0 Å². The predicted octanol–water partition coefficient (Wildman–Crippen LogP) is 2.12. The van der Waals surface area contributed by atoms with E-state index >= 15 is 0 Å². The summed E-state index contributed by atoms with van der Waals surface area (Å²) in [7, 11) is -1.30. The Morgan fingerprint density at radius 2 is 2.15 bits per heavy atom. The van der Waals surface area contributed by atoms with Crippen LogP contribution in [0, 0.1) is 0 Å². The van der Waals surface area contributed by atoms with Crippen molar-refractivity contribution in [2.45, 2.75) is 32.6 Å². The van der Waals surface area contributed by atoms with E-state index in [0.717, 1.165) is 19.6 Å². The molecular formula is C9H18N2OSi. The number of nitrogens with zero attached hydrogens (tertiary/aromatic N) is 2. The fourth-order valence-corrected chi connectivity index (χ4v) is 1.80. The van der Waals surface area contributed by atoms with Gasteiger partial charge in [-0.15, -0.1) is 0 Å².